The van der Waals surface area contributed by atoms with Crippen molar-refractivity contribution < 1.29 is 24.1 Å². The molecule has 0 radical (unpaired) electrons. The lowest BCUT2D eigenvalue weighted by atomic mass is 9.97. The first-order valence-electron chi connectivity index (χ1n) is 7.69. The van der Waals surface area contributed by atoms with Gasteiger partial charge in [0.05, 0.1) is 26.0 Å². The third-order valence-corrected chi connectivity index (χ3v) is 3.75. The summed E-state index contributed by atoms with van der Waals surface area (Å²) in [5.41, 5.74) is 0.329. The smallest absolute Gasteiger partial charge is 0.407 e. The topological polar surface area (TPSA) is 103 Å². The highest BCUT2D eigenvalue weighted by Crippen LogP contribution is 2.27. The Bertz CT molecular complexity index is 518. The summed E-state index contributed by atoms with van der Waals surface area (Å²) in [6.45, 7) is 2.08. The molecular formula is C15H23N3O5. The van der Waals surface area contributed by atoms with Crippen molar-refractivity contribution >= 4 is 6.09 Å². The predicted octanol–water partition coefficient (Wildman–Crippen LogP) is 1.58. The minimum atomic E-state index is -1.00. The molecule has 1 saturated heterocycles. The maximum absolute atomic E-state index is 11.7. The molecule has 1 fully saturated rings. The average Bonchev–Trinajstić information content (AvgIpc) is 2.58. The van der Waals surface area contributed by atoms with E-state index in [-0.39, 0.29) is 18.0 Å². The van der Waals surface area contributed by atoms with Crippen molar-refractivity contribution in [1.82, 2.24) is 15.3 Å². The first-order valence-corrected chi connectivity index (χ1v) is 7.69. The zero-order valence-corrected chi connectivity index (χ0v) is 13.6. The Kier molecular flexibility index (Phi) is 5.97. The molecule has 0 saturated carbocycles. The van der Waals surface area contributed by atoms with Crippen molar-refractivity contribution in [3.63, 3.8) is 0 Å². The predicted molar refractivity (Wildman–Crippen MR) is 81.4 cm³/mol. The zero-order valence-electron chi connectivity index (χ0n) is 13.6. The van der Waals surface area contributed by atoms with Crippen LogP contribution in [-0.4, -0.2) is 47.5 Å². The van der Waals surface area contributed by atoms with E-state index in [2.05, 4.69) is 22.2 Å². The number of nitrogens with one attached hydrogen (secondary N) is 1. The Balaban J connectivity index is 2.14. The highest BCUT2D eigenvalue weighted by Gasteiger charge is 2.33. The maximum atomic E-state index is 11.7. The molecule has 1 aliphatic rings. The van der Waals surface area contributed by atoms with Gasteiger partial charge >= 0.3 is 12.1 Å². The first-order chi connectivity index (χ1) is 11.1. The largest absolute Gasteiger partial charge is 0.481 e. The van der Waals surface area contributed by atoms with Crippen molar-refractivity contribution in [3.05, 3.63) is 11.8 Å². The Morgan fingerprint density at radius 1 is 1.43 bits per heavy atom. The highest BCUT2D eigenvalue weighted by molar-refractivity contribution is 5.68. The highest BCUT2D eigenvalue weighted by atomic mass is 16.6. The monoisotopic (exact) mass is 325 g/mol. The van der Waals surface area contributed by atoms with Gasteiger partial charge in [0.25, 0.3) is 0 Å². The molecule has 0 spiro atoms. The van der Waals surface area contributed by atoms with E-state index in [0.717, 1.165) is 19.3 Å². The molecule has 23 heavy (non-hydrogen) atoms. The number of carbonyl (C=O) groups excluding carboxylic acids is 1. The number of aliphatic hydroxyl groups excluding tert-OH is 1. The van der Waals surface area contributed by atoms with Crippen LogP contribution in [0.15, 0.2) is 6.07 Å². The number of methoxy groups -OCH3 is 2. The van der Waals surface area contributed by atoms with Gasteiger partial charge in [0.2, 0.25) is 5.88 Å². The van der Waals surface area contributed by atoms with E-state index in [1.54, 1.807) is 0 Å². The van der Waals surface area contributed by atoms with Gasteiger partial charge < -0.3 is 24.6 Å². The Labute approximate surface area is 135 Å². The molecule has 8 nitrogen and oxygen atoms in total. The Morgan fingerprint density at radius 2 is 2.22 bits per heavy atom. The second-order valence-corrected chi connectivity index (χ2v) is 5.42. The number of hydrogen-bond acceptors (Lipinski definition) is 7. The van der Waals surface area contributed by atoms with Crippen LogP contribution in [0.2, 0.25) is 0 Å². The number of ether oxygens (including phenoxy) is 3. The van der Waals surface area contributed by atoms with E-state index in [9.17, 15) is 9.90 Å². The molecule has 1 amide bonds. The first kappa shape index (κ1) is 17.3. The van der Waals surface area contributed by atoms with Crippen LogP contribution >= 0.6 is 0 Å². The molecule has 0 unspecified atom stereocenters. The SMILES string of the molecule is CCCC[C@H]1C[C@@H]([C@H](O)c2cc(OC)nc(OC)n2)NC(=O)O1. The van der Waals surface area contributed by atoms with Gasteiger partial charge in [-0.2, -0.15) is 9.97 Å². The number of carbonyl (C=O) groups is 1. The Hall–Kier alpha value is -2.09. The van der Waals surface area contributed by atoms with E-state index < -0.39 is 18.2 Å². The van der Waals surface area contributed by atoms with E-state index in [1.165, 1.54) is 20.3 Å². The quantitative estimate of drug-likeness (QED) is 0.784. The lowest BCUT2D eigenvalue weighted by Crippen LogP contribution is -2.48. The summed E-state index contributed by atoms with van der Waals surface area (Å²) in [4.78, 5) is 19.8. The summed E-state index contributed by atoms with van der Waals surface area (Å²) in [5.74, 6) is 0.284. The van der Waals surface area contributed by atoms with Gasteiger partial charge in [0.1, 0.15) is 12.2 Å². The number of cyclic esters (lactones) is 1. The average molecular weight is 325 g/mol. The number of aromatic nitrogens is 2. The fourth-order valence-corrected chi connectivity index (χ4v) is 2.52. The fourth-order valence-electron chi connectivity index (χ4n) is 2.52. The number of nitrogens with zero attached hydrogens (tertiary/aromatic N) is 2. The van der Waals surface area contributed by atoms with E-state index in [0.29, 0.717) is 12.1 Å². The van der Waals surface area contributed by atoms with Crippen LogP contribution in [0.5, 0.6) is 11.9 Å². The van der Waals surface area contributed by atoms with Crippen LogP contribution in [0.3, 0.4) is 0 Å². The summed E-state index contributed by atoms with van der Waals surface area (Å²) in [6, 6.07) is 1.14. The normalized spacial score (nSPS) is 22.0. The van der Waals surface area contributed by atoms with Crippen molar-refractivity contribution in [2.75, 3.05) is 14.2 Å². The molecule has 1 aromatic heterocycles. The van der Waals surface area contributed by atoms with Crippen LogP contribution in [0.1, 0.15) is 44.4 Å². The van der Waals surface area contributed by atoms with Gasteiger partial charge in [-0.15, -0.1) is 0 Å². The van der Waals surface area contributed by atoms with Gasteiger partial charge in [-0.05, 0) is 6.42 Å². The van der Waals surface area contributed by atoms with Crippen molar-refractivity contribution in [1.29, 1.82) is 0 Å². The summed E-state index contributed by atoms with van der Waals surface area (Å²) < 4.78 is 15.3. The Morgan fingerprint density at radius 3 is 2.87 bits per heavy atom. The number of aliphatic hydroxyl groups is 1. The van der Waals surface area contributed by atoms with E-state index in [4.69, 9.17) is 14.2 Å². The molecule has 2 N–H and O–H groups in total. The fraction of sp³-hybridized carbons (Fsp3) is 0.667. The second-order valence-electron chi connectivity index (χ2n) is 5.42. The van der Waals surface area contributed by atoms with Gasteiger partial charge in [-0.1, -0.05) is 19.8 Å². The number of rotatable bonds is 7. The third-order valence-electron chi connectivity index (χ3n) is 3.75. The summed E-state index contributed by atoms with van der Waals surface area (Å²) in [6.07, 6.45) is 1.57. The number of amides is 1. The van der Waals surface area contributed by atoms with Crippen LogP contribution in [0.25, 0.3) is 0 Å². The van der Waals surface area contributed by atoms with Crippen LogP contribution in [0, 0.1) is 0 Å². The zero-order chi connectivity index (χ0) is 16.8. The molecule has 8 heteroatoms. The lowest BCUT2D eigenvalue weighted by molar-refractivity contribution is 0.0179. The molecule has 0 aliphatic carbocycles. The maximum Gasteiger partial charge on any atom is 0.407 e. The third kappa shape index (κ3) is 4.44. The molecule has 3 atom stereocenters. The van der Waals surface area contributed by atoms with Crippen LogP contribution in [0.4, 0.5) is 4.79 Å². The summed E-state index contributed by atoms with van der Waals surface area (Å²) >= 11 is 0. The number of unbranched alkanes of at least 4 members (excludes halogenated alkanes) is 1. The second kappa shape index (κ2) is 7.96. The molecule has 0 aromatic carbocycles. The van der Waals surface area contributed by atoms with Crippen molar-refractivity contribution in [3.8, 4) is 11.9 Å². The molecule has 2 heterocycles. The minimum absolute atomic E-state index is 0.0966. The van der Waals surface area contributed by atoms with Gasteiger partial charge in [-0.25, -0.2) is 4.79 Å². The van der Waals surface area contributed by atoms with Gasteiger partial charge in [0, 0.05) is 12.5 Å². The van der Waals surface area contributed by atoms with E-state index >= 15 is 0 Å². The van der Waals surface area contributed by atoms with Gasteiger partial charge in [0.15, 0.2) is 0 Å². The summed E-state index contributed by atoms with van der Waals surface area (Å²) in [7, 11) is 2.90. The standard InChI is InChI=1S/C15H23N3O5/c1-4-5-6-9-7-10(17-15(20)23-9)13(19)11-8-12(21-2)18-14(16-11)22-3/h8-10,13,19H,4-7H2,1-3H3,(H,17,20)/t9-,10-,13-/m0/s1. The molecule has 1 aromatic rings. The number of hydrogen-bond donors (Lipinski definition) is 2. The molecule has 128 valence electrons. The summed E-state index contributed by atoms with van der Waals surface area (Å²) in [5, 5.41) is 13.2. The number of alkyl carbamates (subject to hydrolysis) is 1. The molecular weight excluding hydrogens is 302 g/mol. The van der Waals surface area contributed by atoms with Gasteiger partial charge in [-0.3, -0.25) is 0 Å². The molecule has 1 aliphatic heterocycles. The van der Waals surface area contributed by atoms with E-state index in [1.807, 2.05) is 0 Å². The van der Waals surface area contributed by atoms with Crippen molar-refractivity contribution in [2.24, 2.45) is 0 Å². The molecule has 2 rings (SSSR count). The molecule has 0 bridgehead atoms. The lowest BCUT2D eigenvalue weighted by Gasteiger charge is -2.32. The van der Waals surface area contributed by atoms with Crippen LogP contribution in [-0.2, 0) is 4.74 Å². The van der Waals surface area contributed by atoms with Crippen LogP contribution < -0.4 is 14.8 Å². The minimum Gasteiger partial charge on any atom is -0.481 e. The van der Waals surface area contributed by atoms with Crippen molar-refractivity contribution in [2.45, 2.75) is 50.9 Å².